The molecule has 2 heterocycles. The number of unbranched alkanes of at least 4 members (excludes halogenated alkanes) is 2. The van der Waals surface area contributed by atoms with Gasteiger partial charge in [-0.15, -0.1) is 0 Å². The van der Waals surface area contributed by atoms with Gasteiger partial charge in [0, 0.05) is 24.1 Å². The Balaban J connectivity index is 1.44. The van der Waals surface area contributed by atoms with Crippen LogP contribution in [0.2, 0.25) is 0 Å². The molecule has 0 radical (unpaired) electrons. The molecule has 4 N–H and O–H groups in total. The zero-order valence-corrected chi connectivity index (χ0v) is 32.7. The van der Waals surface area contributed by atoms with E-state index in [0.717, 1.165) is 52.1 Å². The van der Waals surface area contributed by atoms with Gasteiger partial charge in [0.1, 0.15) is 0 Å². The van der Waals surface area contributed by atoms with Crippen LogP contribution < -0.4 is 16.3 Å². The number of fused-ring (bicyclic) bond motifs is 1. The zero-order valence-electron chi connectivity index (χ0n) is 32.7. The second-order valence-electron chi connectivity index (χ2n) is 13.2. The van der Waals surface area contributed by atoms with Crippen LogP contribution in [0.1, 0.15) is 105 Å². The minimum absolute atomic E-state index is 0.176. The summed E-state index contributed by atoms with van der Waals surface area (Å²) < 4.78 is 0. The molecule has 4 rings (SSSR count). The molecule has 0 aliphatic heterocycles. The fourth-order valence-electron chi connectivity index (χ4n) is 5.84. The lowest BCUT2D eigenvalue weighted by Crippen LogP contribution is -2.31. The van der Waals surface area contributed by atoms with Crippen LogP contribution in [0.15, 0.2) is 57.5 Å². The number of amides is 2. The number of benzene rings is 2. The number of azo groups is 1. The van der Waals surface area contributed by atoms with E-state index in [-0.39, 0.29) is 53.3 Å². The molecular formula is C39H51N11O6. The number of rotatable bonds is 23. The van der Waals surface area contributed by atoms with Gasteiger partial charge in [-0.2, -0.15) is 20.2 Å². The highest BCUT2D eigenvalue weighted by molar-refractivity contribution is 6.10. The van der Waals surface area contributed by atoms with Gasteiger partial charge in [-0.3, -0.25) is 29.3 Å². The second-order valence-corrected chi connectivity index (χ2v) is 13.2. The molecule has 0 bridgehead atoms. The summed E-state index contributed by atoms with van der Waals surface area (Å²) in [4.78, 5) is 98.9. The predicted molar refractivity (Wildman–Crippen MR) is 213 cm³/mol. The quantitative estimate of drug-likeness (QED) is 0.0325. The highest BCUT2D eigenvalue weighted by Crippen LogP contribution is 2.19. The summed E-state index contributed by atoms with van der Waals surface area (Å²) in [6.07, 6.45) is 3.23. The summed E-state index contributed by atoms with van der Waals surface area (Å²) in [5.41, 5.74) is 1.42. The van der Waals surface area contributed by atoms with Crippen molar-refractivity contribution in [1.82, 2.24) is 34.7 Å². The number of nitrogens with zero attached hydrogens (tertiary/aromatic N) is 7. The van der Waals surface area contributed by atoms with E-state index in [1.54, 1.807) is 18.2 Å². The van der Waals surface area contributed by atoms with Crippen LogP contribution in [-0.4, -0.2) is 109 Å². The van der Waals surface area contributed by atoms with Crippen molar-refractivity contribution in [3.63, 3.8) is 0 Å². The first-order chi connectivity index (χ1) is 26.9. The average Bonchev–Trinajstić information content (AvgIpc) is 3.57. The van der Waals surface area contributed by atoms with Crippen LogP contribution in [0.4, 0.5) is 17.3 Å². The molecule has 0 aliphatic carbocycles. The summed E-state index contributed by atoms with van der Waals surface area (Å²) in [6, 6.07) is 9.10. The number of carbonyl (C=O) groups is 5. The molecule has 1 unspecified atom stereocenters. The van der Waals surface area contributed by atoms with Crippen LogP contribution in [0, 0.1) is 0 Å². The third kappa shape index (κ3) is 12.6. The Morgan fingerprint density at radius 1 is 0.714 bits per heavy atom. The lowest BCUT2D eigenvalue weighted by molar-refractivity contribution is -0.126. The van der Waals surface area contributed by atoms with Crippen molar-refractivity contribution in [2.45, 2.75) is 79.2 Å². The molecule has 2 aromatic carbocycles. The number of anilines is 2. The molecule has 4 aromatic rings. The fraction of sp³-hybridized carbons (Fsp3) is 0.462. The Kier molecular flexibility index (Phi) is 16.3. The number of aromatic amines is 2. The Labute approximate surface area is 325 Å². The monoisotopic (exact) mass is 769 g/mol. The van der Waals surface area contributed by atoms with E-state index >= 15 is 0 Å². The summed E-state index contributed by atoms with van der Waals surface area (Å²) >= 11 is 0. The number of ketones is 3. The van der Waals surface area contributed by atoms with Crippen LogP contribution in [0.5, 0.6) is 0 Å². The van der Waals surface area contributed by atoms with Crippen molar-refractivity contribution in [2.75, 3.05) is 49.9 Å². The van der Waals surface area contributed by atoms with Crippen molar-refractivity contribution < 1.29 is 24.0 Å². The lowest BCUT2D eigenvalue weighted by atomic mass is 10.1. The molecule has 0 aliphatic rings. The molecule has 298 valence electrons. The molecule has 2 amide bonds. The van der Waals surface area contributed by atoms with E-state index in [0.29, 0.717) is 29.6 Å². The van der Waals surface area contributed by atoms with Gasteiger partial charge in [-0.25, -0.2) is 9.78 Å². The Morgan fingerprint density at radius 3 is 1.80 bits per heavy atom. The third-order valence-electron chi connectivity index (χ3n) is 9.24. The normalized spacial score (nSPS) is 12.1. The van der Waals surface area contributed by atoms with E-state index in [4.69, 9.17) is 0 Å². The van der Waals surface area contributed by atoms with Gasteiger partial charge >= 0.3 is 5.69 Å². The number of hydrogen-bond acceptors (Lipinski definition) is 13. The van der Waals surface area contributed by atoms with Crippen LogP contribution in [-0.2, 0) is 9.59 Å². The van der Waals surface area contributed by atoms with Crippen molar-refractivity contribution in [1.29, 1.82) is 0 Å². The first-order valence-corrected chi connectivity index (χ1v) is 19.1. The third-order valence-corrected chi connectivity index (χ3v) is 9.24. The van der Waals surface area contributed by atoms with Crippen molar-refractivity contribution in [2.24, 2.45) is 10.2 Å². The number of imidazole rings is 1. The van der Waals surface area contributed by atoms with Crippen LogP contribution in [0.25, 0.3) is 11.0 Å². The molecule has 17 nitrogen and oxygen atoms in total. The summed E-state index contributed by atoms with van der Waals surface area (Å²) in [7, 11) is 0. The summed E-state index contributed by atoms with van der Waals surface area (Å²) in [5, 5.41) is 13.2. The minimum Gasteiger partial charge on any atom is -0.324 e. The molecular weight excluding hydrogens is 718 g/mol. The highest BCUT2D eigenvalue weighted by atomic mass is 16.2. The fourth-order valence-corrected chi connectivity index (χ4v) is 5.84. The molecule has 0 spiro atoms. The van der Waals surface area contributed by atoms with Gasteiger partial charge < -0.3 is 25.1 Å². The number of H-pyrrole nitrogens is 2. The van der Waals surface area contributed by atoms with E-state index in [1.165, 1.54) is 31.2 Å². The second kappa shape index (κ2) is 21.3. The number of carbonyl (C=O) groups excluding carboxylic acids is 5. The molecule has 0 saturated heterocycles. The van der Waals surface area contributed by atoms with Gasteiger partial charge in [0.25, 0.3) is 11.8 Å². The molecule has 56 heavy (non-hydrogen) atoms. The first kappa shape index (κ1) is 42.9. The number of aromatic nitrogens is 5. The van der Waals surface area contributed by atoms with E-state index in [1.807, 2.05) is 0 Å². The summed E-state index contributed by atoms with van der Waals surface area (Å²) in [5.74, 6) is -3.14. The van der Waals surface area contributed by atoms with Crippen molar-refractivity contribution in [3.05, 3.63) is 70.2 Å². The van der Waals surface area contributed by atoms with Gasteiger partial charge in [0.2, 0.25) is 23.6 Å². The largest absolute Gasteiger partial charge is 0.324 e. The maximum Gasteiger partial charge on any atom is 0.323 e. The lowest BCUT2D eigenvalue weighted by Gasteiger charge is -2.17. The molecule has 0 saturated carbocycles. The number of Topliss-reactive ketones (excluding diaryl/α,β-unsaturated/α-hetero) is 3. The first-order valence-electron chi connectivity index (χ1n) is 19.1. The van der Waals surface area contributed by atoms with Gasteiger partial charge in [0.15, 0.2) is 17.3 Å². The van der Waals surface area contributed by atoms with Gasteiger partial charge in [-0.1, -0.05) is 27.7 Å². The van der Waals surface area contributed by atoms with Crippen molar-refractivity contribution in [3.8, 4) is 0 Å². The van der Waals surface area contributed by atoms with Crippen LogP contribution in [0.3, 0.4) is 0 Å². The van der Waals surface area contributed by atoms with E-state index in [9.17, 15) is 28.8 Å². The minimum atomic E-state index is -1.46. The molecule has 17 heteroatoms. The number of nitrogens with one attached hydrogen (secondary N) is 4. The van der Waals surface area contributed by atoms with E-state index < -0.39 is 29.3 Å². The van der Waals surface area contributed by atoms with Crippen LogP contribution >= 0.6 is 0 Å². The molecule has 2 aromatic heterocycles. The van der Waals surface area contributed by atoms with Gasteiger partial charge in [-0.05, 0) is 114 Å². The average molecular weight is 770 g/mol. The topological polar surface area (TPSA) is 228 Å². The number of hydrogen-bond donors (Lipinski definition) is 4. The summed E-state index contributed by atoms with van der Waals surface area (Å²) in [6.45, 7) is 15.0. The molecule has 0 fully saturated rings. The SMILES string of the molecule is CCN(CC)CCCCC(=O)c1nc(NC(=O)c2ccc(N=NC(C(C)=O)C(=O)Nc3ccc4[nH]c(=O)[nH]c4c3)cc2)nc(C(=O)CCCCN(CC)CC)n1. The smallest absolute Gasteiger partial charge is 0.323 e. The van der Waals surface area contributed by atoms with Crippen molar-refractivity contribution >= 4 is 57.5 Å². The Bertz CT molecular complexity index is 2020. The zero-order chi connectivity index (χ0) is 40.6. The highest BCUT2D eigenvalue weighted by Gasteiger charge is 2.24. The Morgan fingerprint density at radius 2 is 1.27 bits per heavy atom. The standard InChI is InChI=1S/C39H51N11O6/c1-6-49(7-2)22-12-10-14-31(52)34-43-35(32(53)15-11-13-23-50(8-3)9-4)45-38(44-34)46-36(54)26-16-18-27(19-17-26)47-48-33(25(5)51)37(55)40-28-20-21-29-30(24-28)42-39(56)41-29/h16-21,24,33H,6-15,22-23H2,1-5H3,(H,40,55)(H2,41,42,56)(H,43,44,45,46,54). The van der Waals surface area contributed by atoms with Gasteiger partial charge in [0.05, 0.1) is 16.7 Å². The predicted octanol–water partition coefficient (Wildman–Crippen LogP) is 5.36. The maximum atomic E-state index is 13.3. The van der Waals surface area contributed by atoms with E-state index in [2.05, 4.69) is 83.3 Å². The Hall–Kier alpha value is -5.81. The molecule has 1 atom stereocenters. The maximum absolute atomic E-state index is 13.3.